The van der Waals surface area contributed by atoms with Crippen LogP contribution in [-0.2, 0) is 7.05 Å². The van der Waals surface area contributed by atoms with Gasteiger partial charge in [-0.3, -0.25) is 0 Å². The van der Waals surface area contributed by atoms with Crippen LogP contribution in [0.2, 0.25) is 0 Å². The summed E-state index contributed by atoms with van der Waals surface area (Å²) in [5.41, 5.74) is 1.79. The van der Waals surface area contributed by atoms with E-state index in [2.05, 4.69) is 14.7 Å². The predicted octanol–water partition coefficient (Wildman–Crippen LogP) is -1.17. The average Bonchev–Trinajstić information content (AvgIpc) is 2.83. The Hall–Kier alpha value is -1.20. The van der Waals surface area contributed by atoms with Crippen LogP contribution in [0.25, 0.3) is 11.3 Å². The molecule has 2 aromatic rings. The van der Waals surface area contributed by atoms with Crippen LogP contribution in [0.15, 0.2) is 24.5 Å². The second-order valence-corrected chi connectivity index (χ2v) is 4.36. The van der Waals surface area contributed by atoms with E-state index in [1.807, 2.05) is 36.1 Å². The van der Waals surface area contributed by atoms with Crippen LogP contribution < -0.4 is 33.3 Å². The highest BCUT2D eigenvalue weighted by molar-refractivity contribution is 6.99. The van der Waals surface area contributed by atoms with Crippen LogP contribution in [0, 0.1) is 12.3 Å². The molecule has 0 aliphatic heterocycles. The Morgan fingerprint density at radius 3 is 3.05 bits per heavy atom. The molecule has 0 N–H and O–H groups in total. The van der Waals surface area contributed by atoms with Crippen molar-refractivity contribution in [1.82, 2.24) is 8.75 Å². The molecule has 0 amide bonds. The molecule has 19 heavy (non-hydrogen) atoms. The van der Waals surface area contributed by atoms with E-state index in [4.69, 9.17) is 11.2 Å². The number of nitrogens with zero attached hydrogens (tertiary/aromatic N) is 3. The van der Waals surface area contributed by atoms with Gasteiger partial charge in [-0.15, -0.1) is 16.7 Å². The first kappa shape index (κ1) is 15.9. The highest BCUT2D eigenvalue weighted by Gasteiger charge is 2.14. The third-order valence-electron chi connectivity index (χ3n) is 2.38. The van der Waals surface area contributed by atoms with Gasteiger partial charge in [0.05, 0.1) is 23.9 Å². The zero-order valence-corrected chi connectivity index (χ0v) is 13.5. The maximum atomic E-state index is 5.61. The molecular formula is C13H14IN3OS. The van der Waals surface area contributed by atoms with Gasteiger partial charge in [0.2, 0.25) is 0 Å². The summed E-state index contributed by atoms with van der Waals surface area (Å²) < 4.78 is 16.0. The van der Waals surface area contributed by atoms with Crippen LogP contribution in [0.1, 0.15) is 12.8 Å². The van der Waals surface area contributed by atoms with E-state index < -0.39 is 0 Å². The van der Waals surface area contributed by atoms with E-state index in [1.165, 1.54) is 0 Å². The van der Waals surface area contributed by atoms with Crippen molar-refractivity contribution >= 4 is 11.7 Å². The first-order valence-corrected chi connectivity index (χ1v) is 6.39. The molecule has 2 aromatic heterocycles. The number of halogens is 1. The number of aryl methyl sites for hydroxylation is 1. The average molecular weight is 387 g/mol. The largest absolute Gasteiger partial charge is 1.00 e. The van der Waals surface area contributed by atoms with Gasteiger partial charge in [0, 0.05) is 12.5 Å². The SMILES string of the molecule is C#CCCCOc1nsnc1-c1ccc[n+](C)c1.[I-]. The number of hydrogen-bond acceptors (Lipinski definition) is 4. The van der Waals surface area contributed by atoms with Gasteiger partial charge in [-0.2, -0.15) is 4.37 Å². The van der Waals surface area contributed by atoms with Crippen molar-refractivity contribution in [2.75, 3.05) is 6.61 Å². The van der Waals surface area contributed by atoms with E-state index >= 15 is 0 Å². The second kappa shape index (κ2) is 8.07. The Bertz CT molecular complexity index is 565. The quantitative estimate of drug-likeness (QED) is 0.281. The first-order chi connectivity index (χ1) is 8.81. The lowest BCUT2D eigenvalue weighted by molar-refractivity contribution is -0.671. The lowest BCUT2D eigenvalue weighted by Gasteiger charge is -2.02. The van der Waals surface area contributed by atoms with E-state index in [1.54, 1.807) is 0 Å². The van der Waals surface area contributed by atoms with Crippen LogP contribution in [-0.4, -0.2) is 15.4 Å². The number of pyridine rings is 1. The van der Waals surface area contributed by atoms with Crippen LogP contribution >= 0.6 is 11.7 Å². The Labute approximate surface area is 134 Å². The van der Waals surface area contributed by atoms with Gasteiger partial charge in [0.15, 0.2) is 18.1 Å². The van der Waals surface area contributed by atoms with E-state index in [-0.39, 0.29) is 24.0 Å². The molecule has 0 atom stereocenters. The Kier molecular flexibility index (Phi) is 6.73. The molecule has 2 heterocycles. The summed E-state index contributed by atoms with van der Waals surface area (Å²) in [5.74, 6) is 3.17. The summed E-state index contributed by atoms with van der Waals surface area (Å²) >= 11 is 1.16. The minimum absolute atomic E-state index is 0. The summed E-state index contributed by atoms with van der Waals surface area (Å²) in [5, 5.41) is 0. The Morgan fingerprint density at radius 2 is 2.32 bits per heavy atom. The molecule has 6 heteroatoms. The molecule has 0 unspecified atom stereocenters. The fourth-order valence-corrected chi connectivity index (χ4v) is 2.04. The van der Waals surface area contributed by atoms with Crippen molar-refractivity contribution in [1.29, 1.82) is 0 Å². The van der Waals surface area contributed by atoms with Crippen molar-refractivity contribution in [2.45, 2.75) is 12.8 Å². The maximum absolute atomic E-state index is 5.61. The second-order valence-electron chi connectivity index (χ2n) is 3.83. The monoisotopic (exact) mass is 387 g/mol. The number of aromatic nitrogens is 3. The molecule has 4 nitrogen and oxygen atoms in total. The summed E-state index contributed by atoms with van der Waals surface area (Å²) in [4.78, 5) is 0. The van der Waals surface area contributed by atoms with E-state index in [0.717, 1.165) is 29.4 Å². The molecule has 0 aliphatic rings. The topological polar surface area (TPSA) is 38.9 Å². The third-order valence-corrected chi connectivity index (χ3v) is 2.89. The molecule has 0 spiro atoms. The molecule has 2 rings (SSSR count). The summed E-state index contributed by atoms with van der Waals surface area (Å²) in [6.45, 7) is 0.571. The van der Waals surface area contributed by atoms with Crippen molar-refractivity contribution in [3.05, 3.63) is 24.5 Å². The van der Waals surface area contributed by atoms with Crippen LogP contribution in [0.4, 0.5) is 0 Å². The third kappa shape index (κ3) is 4.44. The van der Waals surface area contributed by atoms with E-state index in [0.29, 0.717) is 18.9 Å². The summed E-state index contributed by atoms with van der Waals surface area (Å²) in [7, 11) is 1.97. The zero-order valence-electron chi connectivity index (χ0n) is 10.5. The molecule has 0 saturated heterocycles. The highest BCUT2D eigenvalue weighted by Crippen LogP contribution is 2.26. The van der Waals surface area contributed by atoms with Crippen molar-refractivity contribution in [3.8, 4) is 29.5 Å². The Balaban J connectivity index is 0.00000180. The zero-order chi connectivity index (χ0) is 12.8. The number of hydrogen-bond donors (Lipinski definition) is 0. The fraction of sp³-hybridized carbons (Fsp3) is 0.308. The first-order valence-electron chi connectivity index (χ1n) is 5.66. The molecule has 100 valence electrons. The highest BCUT2D eigenvalue weighted by atomic mass is 127. The molecule has 0 aliphatic carbocycles. The van der Waals surface area contributed by atoms with Crippen LogP contribution in [0.3, 0.4) is 0 Å². The van der Waals surface area contributed by atoms with Gasteiger partial charge in [-0.25, -0.2) is 4.57 Å². The predicted molar refractivity (Wildman–Crippen MR) is 70.1 cm³/mol. The number of terminal acetylenes is 1. The lowest BCUT2D eigenvalue weighted by atomic mass is 10.2. The molecule has 0 fully saturated rings. The van der Waals surface area contributed by atoms with Gasteiger partial charge in [0.1, 0.15) is 7.05 Å². The van der Waals surface area contributed by atoms with Crippen molar-refractivity contribution < 1.29 is 33.3 Å². The minimum atomic E-state index is 0. The number of rotatable bonds is 5. The number of ether oxygens (including phenoxy) is 1. The smallest absolute Gasteiger partial charge is 0.254 e. The molecule has 0 saturated carbocycles. The van der Waals surface area contributed by atoms with Gasteiger partial charge in [0.25, 0.3) is 5.88 Å². The summed E-state index contributed by atoms with van der Waals surface area (Å²) in [6.07, 6.45) is 10.7. The molecule has 0 aromatic carbocycles. The van der Waals surface area contributed by atoms with E-state index in [9.17, 15) is 0 Å². The molecular weight excluding hydrogens is 373 g/mol. The standard InChI is InChI=1S/C13H14N3OS.HI/c1-3-4-5-9-17-13-12(14-18-15-13)11-7-6-8-16(2)10-11;/h1,6-8,10H,4-5,9H2,2H3;1H/q+1;/p-1. The van der Waals surface area contributed by atoms with Gasteiger partial charge in [-0.1, -0.05) is 0 Å². The van der Waals surface area contributed by atoms with Crippen LogP contribution in [0.5, 0.6) is 5.88 Å². The number of unbranched alkanes of at least 4 members (excludes halogenated alkanes) is 1. The lowest BCUT2D eigenvalue weighted by Crippen LogP contribution is -3.00. The fourth-order valence-electron chi connectivity index (χ4n) is 1.52. The van der Waals surface area contributed by atoms with Gasteiger partial charge < -0.3 is 28.7 Å². The van der Waals surface area contributed by atoms with Crippen molar-refractivity contribution in [2.24, 2.45) is 7.05 Å². The Morgan fingerprint density at radius 1 is 1.47 bits per heavy atom. The summed E-state index contributed by atoms with van der Waals surface area (Å²) in [6, 6.07) is 3.96. The van der Waals surface area contributed by atoms with Crippen molar-refractivity contribution in [3.63, 3.8) is 0 Å². The maximum Gasteiger partial charge on any atom is 0.254 e. The minimum Gasteiger partial charge on any atom is -1.00 e. The molecule has 0 radical (unpaired) electrons. The molecule has 0 bridgehead atoms. The van der Waals surface area contributed by atoms with Gasteiger partial charge in [-0.05, 0) is 12.5 Å². The van der Waals surface area contributed by atoms with Gasteiger partial charge >= 0.3 is 0 Å². The normalized spacial score (nSPS) is 9.47.